The van der Waals surface area contributed by atoms with Crippen molar-refractivity contribution in [2.75, 3.05) is 5.32 Å². The summed E-state index contributed by atoms with van der Waals surface area (Å²) >= 11 is 1.53. The minimum atomic E-state index is 0.00424. The molecule has 0 fully saturated rings. The average Bonchev–Trinajstić information content (AvgIpc) is 2.74. The molecule has 0 saturated heterocycles. The van der Waals surface area contributed by atoms with Crippen molar-refractivity contribution in [1.82, 2.24) is 4.98 Å². The second-order valence-corrected chi connectivity index (χ2v) is 6.82. The van der Waals surface area contributed by atoms with Gasteiger partial charge in [0, 0.05) is 10.6 Å². The van der Waals surface area contributed by atoms with Crippen molar-refractivity contribution >= 4 is 22.9 Å². The molecule has 1 N–H and O–H groups in total. The molecule has 1 heterocycles. The number of aromatic nitrogens is 1. The number of hydrogen-bond acceptors (Lipinski definition) is 3. The van der Waals surface area contributed by atoms with Crippen molar-refractivity contribution in [1.29, 1.82) is 0 Å². The van der Waals surface area contributed by atoms with Crippen molar-refractivity contribution in [3.05, 3.63) is 45.9 Å². The fraction of sp³-hybridized carbons (Fsp3) is 0.375. The molecule has 1 aromatic carbocycles. The number of thiazole rings is 1. The second kappa shape index (κ2) is 5.75. The Kier molecular flexibility index (Phi) is 4.23. The third-order valence-electron chi connectivity index (χ3n) is 3.18. The highest BCUT2D eigenvalue weighted by molar-refractivity contribution is 7.09. The molecule has 0 bridgehead atoms. The maximum absolute atomic E-state index is 12.2. The monoisotopic (exact) mass is 288 g/mol. The van der Waals surface area contributed by atoms with E-state index in [1.807, 2.05) is 25.1 Å². The van der Waals surface area contributed by atoms with Crippen LogP contribution in [0.2, 0.25) is 0 Å². The highest BCUT2D eigenvalue weighted by atomic mass is 32.1. The van der Waals surface area contributed by atoms with E-state index < -0.39 is 0 Å². The van der Waals surface area contributed by atoms with Gasteiger partial charge >= 0.3 is 0 Å². The van der Waals surface area contributed by atoms with E-state index in [2.05, 4.69) is 37.1 Å². The van der Waals surface area contributed by atoms with Crippen LogP contribution in [0.15, 0.2) is 29.8 Å². The van der Waals surface area contributed by atoms with Gasteiger partial charge in [-0.1, -0.05) is 39.0 Å². The lowest BCUT2D eigenvalue weighted by atomic mass is 9.86. The van der Waals surface area contributed by atoms with Crippen LogP contribution in [0.3, 0.4) is 0 Å². The molecule has 0 aliphatic rings. The predicted molar refractivity (Wildman–Crippen MR) is 84.3 cm³/mol. The topological polar surface area (TPSA) is 42.0 Å². The summed E-state index contributed by atoms with van der Waals surface area (Å²) in [4.78, 5) is 17.4. The van der Waals surface area contributed by atoms with Crippen LogP contribution in [0.4, 0.5) is 5.69 Å². The molecular formula is C16H20N2OS. The highest BCUT2D eigenvalue weighted by Crippen LogP contribution is 2.29. The standard InChI is InChI=1S/C16H20N2OS/c1-11-14(20-10-17-11)9-15(19)18-13-8-6-5-7-12(13)16(2,3)4/h5-8,10H,9H2,1-4H3,(H,18,19). The van der Waals surface area contributed by atoms with Gasteiger partial charge in [0.2, 0.25) is 5.91 Å². The second-order valence-electron chi connectivity index (χ2n) is 5.88. The van der Waals surface area contributed by atoms with Crippen LogP contribution in [0.5, 0.6) is 0 Å². The van der Waals surface area contributed by atoms with Crippen LogP contribution in [-0.2, 0) is 16.6 Å². The number of carbonyl (C=O) groups excluding carboxylic acids is 1. The number of anilines is 1. The molecule has 20 heavy (non-hydrogen) atoms. The van der Waals surface area contributed by atoms with Gasteiger partial charge < -0.3 is 5.32 Å². The summed E-state index contributed by atoms with van der Waals surface area (Å²) in [5.41, 5.74) is 4.77. The molecule has 0 atom stereocenters. The van der Waals surface area contributed by atoms with Gasteiger partial charge in [0.25, 0.3) is 0 Å². The summed E-state index contributed by atoms with van der Waals surface area (Å²) in [5, 5.41) is 3.02. The number of para-hydroxylation sites is 1. The molecule has 0 aliphatic carbocycles. The van der Waals surface area contributed by atoms with Crippen LogP contribution in [0.1, 0.15) is 36.9 Å². The van der Waals surface area contributed by atoms with Crippen LogP contribution in [-0.4, -0.2) is 10.9 Å². The predicted octanol–water partition coefficient (Wildman–Crippen LogP) is 3.93. The van der Waals surface area contributed by atoms with Crippen LogP contribution >= 0.6 is 11.3 Å². The van der Waals surface area contributed by atoms with Gasteiger partial charge in [-0.05, 0) is 24.0 Å². The molecule has 4 heteroatoms. The summed E-state index contributed by atoms with van der Waals surface area (Å²) in [6, 6.07) is 7.97. The Morgan fingerprint density at radius 3 is 2.60 bits per heavy atom. The lowest BCUT2D eigenvalue weighted by Gasteiger charge is -2.23. The molecule has 0 spiro atoms. The SMILES string of the molecule is Cc1ncsc1CC(=O)Nc1ccccc1C(C)(C)C. The third-order valence-corrected chi connectivity index (χ3v) is 4.11. The Morgan fingerprint density at radius 2 is 2.00 bits per heavy atom. The lowest BCUT2D eigenvalue weighted by Crippen LogP contribution is -2.19. The van der Waals surface area contributed by atoms with Crippen molar-refractivity contribution < 1.29 is 4.79 Å². The van der Waals surface area contributed by atoms with E-state index in [4.69, 9.17) is 0 Å². The van der Waals surface area contributed by atoms with Crippen molar-refractivity contribution in [3.8, 4) is 0 Å². The van der Waals surface area contributed by atoms with Gasteiger partial charge in [0.05, 0.1) is 17.6 Å². The van der Waals surface area contributed by atoms with E-state index in [0.717, 1.165) is 21.8 Å². The van der Waals surface area contributed by atoms with Crippen molar-refractivity contribution in [2.24, 2.45) is 0 Å². The fourth-order valence-electron chi connectivity index (χ4n) is 2.08. The zero-order valence-corrected chi connectivity index (χ0v) is 13.2. The van der Waals surface area contributed by atoms with Crippen molar-refractivity contribution in [3.63, 3.8) is 0 Å². The van der Waals surface area contributed by atoms with E-state index in [0.29, 0.717) is 6.42 Å². The quantitative estimate of drug-likeness (QED) is 0.929. The maximum Gasteiger partial charge on any atom is 0.229 e. The summed E-state index contributed by atoms with van der Waals surface area (Å²) in [6.45, 7) is 8.37. The number of aryl methyl sites for hydroxylation is 1. The van der Waals surface area contributed by atoms with Gasteiger partial charge in [0.1, 0.15) is 0 Å². The van der Waals surface area contributed by atoms with Crippen LogP contribution in [0.25, 0.3) is 0 Å². The zero-order valence-electron chi connectivity index (χ0n) is 12.4. The van der Waals surface area contributed by atoms with Crippen LogP contribution in [0, 0.1) is 6.92 Å². The molecular weight excluding hydrogens is 268 g/mol. The molecule has 1 amide bonds. The molecule has 0 aliphatic heterocycles. The molecule has 2 rings (SSSR count). The minimum Gasteiger partial charge on any atom is -0.326 e. The maximum atomic E-state index is 12.2. The molecule has 2 aromatic rings. The van der Waals surface area contributed by atoms with Crippen molar-refractivity contribution in [2.45, 2.75) is 39.5 Å². The molecule has 1 aromatic heterocycles. The van der Waals surface area contributed by atoms with Gasteiger partial charge in [-0.2, -0.15) is 0 Å². The number of amides is 1. The first-order valence-corrected chi connectivity index (χ1v) is 7.54. The summed E-state index contributed by atoms with van der Waals surface area (Å²) in [7, 11) is 0. The molecule has 106 valence electrons. The van der Waals surface area contributed by atoms with Gasteiger partial charge in [0.15, 0.2) is 0 Å². The zero-order chi connectivity index (χ0) is 14.8. The van der Waals surface area contributed by atoms with Gasteiger partial charge in [-0.15, -0.1) is 11.3 Å². The van der Waals surface area contributed by atoms with Crippen LogP contribution < -0.4 is 5.32 Å². The lowest BCUT2D eigenvalue weighted by molar-refractivity contribution is -0.115. The summed E-state index contributed by atoms with van der Waals surface area (Å²) in [5.74, 6) is 0.00838. The molecule has 3 nitrogen and oxygen atoms in total. The first-order chi connectivity index (χ1) is 9.38. The third kappa shape index (κ3) is 3.45. The number of hydrogen-bond donors (Lipinski definition) is 1. The number of rotatable bonds is 3. The molecule has 0 saturated carbocycles. The summed E-state index contributed by atoms with van der Waals surface area (Å²) < 4.78 is 0. The minimum absolute atomic E-state index is 0.00424. The van der Waals surface area contributed by atoms with E-state index in [-0.39, 0.29) is 11.3 Å². The normalized spacial score (nSPS) is 11.4. The van der Waals surface area contributed by atoms with E-state index >= 15 is 0 Å². The van der Waals surface area contributed by atoms with Gasteiger partial charge in [-0.25, -0.2) is 4.98 Å². The first kappa shape index (κ1) is 14.7. The van der Waals surface area contributed by atoms with E-state index in [1.54, 1.807) is 5.51 Å². The Bertz CT molecular complexity index is 611. The fourth-order valence-corrected chi connectivity index (χ4v) is 2.86. The Morgan fingerprint density at radius 1 is 1.30 bits per heavy atom. The number of nitrogens with zero attached hydrogens (tertiary/aromatic N) is 1. The number of carbonyl (C=O) groups is 1. The largest absolute Gasteiger partial charge is 0.326 e. The van der Waals surface area contributed by atoms with Gasteiger partial charge in [-0.3, -0.25) is 4.79 Å². The Hall–Kier alpha value is -1.68. The smallest absolute Gasteiger partial charge is 0.229 e. The number of nitrogens with one attached hydrogen (secondary N) is 1. The van der Waals surface area contributed by atoms with E-state index in [9.17, 15) is 4.79 Å². The Labute approximate surface area is 124 Å². The highest BCUT2D eigenvalue weighted by Gasteiger charge is 2.18. The van der Waals surface area contributed by atoms with E-state index in [1.165, 1.54) is 11.3 Å². The molecule has 0 radical (unpaired) electrons. The number of benzene rings is 1. The average molecular weight is 288 g/mol. The Balaban J connectivity index is 2.15. The first-order valence-electron chi connectivity index (χ1n) is 6.66. The summed E-state index contributed by atoms with van der Waals surface area (Å²) in [6.07, 6.45) is 0.384. The molecule has 0 unspecified atom stereocenters.